The second-order valence-corrected chi connectivity index (χ2v) is 6.54. The van der Waals surface area contributed by atoms with E-state index >= 15 is 0 Å². The van der Waals surface area contributed by atoms with Gasteiger partial charge in [-0.1, -0.05) is 12.1 Å². The number of nitrogens with zero attached hydrogens (tertiary/aromatic N) is 2. The van der Waals surface area contributed by atoms with Gasteiger partial charge in [-0.3, -0.25) is 4.79 Å². The predicted octanol–water partition coefficient (Wildman–Crippen LogP) is 1.76. The zero-order valence-electron chi connectivity index (χ0n) is 14.2. The number of likely N-dealkylation sites (tertiary alicyclic amines) is 1. The van der Waals surface area contributed by atoms with E-state index in [0.717, 1.165) is 32.7 Å². The van der Waals surface area contributed by atoms with Gasteiger partial charge in [-0.15, -0.1) is 24.8 Å². The molecule has 0 spiro atoms. The normalized spacial score (nSPS) is 21.9. The van der Waals surface area contributed by atoms with Crippen LogP contribution in [0.15, 0.2) is 24.3 Å². The number of rotatable bonds is 5. The van der Waals surface area contributed by atoms with Crippen molar-refractivity contribution in [2.75, 3.05) is 53.4 Å². The number of benzene rings is 1. The number of para-hydroxylation sites is 1. The number of ether oxygens (including phenoxy) is 1. The van der Waals surface area contributed by atoms with Gasteiger partial charge in [-0.2, -0.15) is 0 Å². The van der Waals surface area contributed by atoms with E-state index in [9.17, 15) is 4.79 Å². The fourth-order valence-corrected chi connectivity index (χ4v) is 3.30. The van der Waals surface area contributed by atoms with Gasteiger partial charge in [0.1, 0.15) is 12.4 Å². The molecule has 0 saturated carbocycles. The summed E-state index contributed by atoms with van der Waals surface area (Å²) in [6.45, 7) is 5.23. The summed E-state index contributed by atoms with van der Waals surface area (Å²) in [7, 11) is 4.02. The zero-order chi connectivity index (χ0) is 15.5. The molecule has 1 aromatic rings. The molecule has 2 aliphatic heterocycles. The number of hydrogen-bond acceptors (Lipinski definition) is 4. The predicted molar refractivity (Wildman–Crippen MR) is 101 cm³/mol. The first kappa shape index (κ1) is 21.0. The van der Waals surface area contributed by atoms with Gasteiger partial charge < -0.3 is 19.9 Å². The third-order valence-electron chi connectivity index (χ3n) is 4.59. The molecule has 0 aliphatic carbocycles. The molecule has 5 nitrogen and oxygen atoms in total. The molecule has 1 amide bonds. The Bertz CT molecular complexity index is 530. The molecule has 0 bridgehead atoms. The molecule has 1 aromatic carbocycles. The largest absolute Gasteiger partial charge is 0.491 e. The van der Waals surface area contributed by atoms with Crippen LogP contribution in [-0.4, -0.2) is 69.1 Å². The van der Waals surface area contributed by atoms with E-state index in [4.69, 9.17) is 4.74 Å². The molecule has 2 atom stereocenters. The van der Waals surface area contributed by atoms with Crippen molar-refractivity contribution in [3.63, 3.8) is 0 Å². The van der Waals surface area contributed by atoms with Gasteiger partial charge in [-0.25, -0.2) is 0 Å². The molecular formula is C17H27Cl2N3O2. The van der Waals surface area contributed by atoms with Crippen molar-refractivity contribution in [3.8, 4) is 5.75 Å². The lowest BCUT2D eigenvalue weighted by Gasteiger charge is -2.20. The summed E-state index contributed by atoms with van der Waals surface area (Å²) < 4.78 is 5.82. The lowest BCUT2D eigenvalue weighted by atomic mass is 10.0. The molecule has 2 heterocycles. The molecule has 7 heteroatoms. The van der Waals surface area contributed by atoms with Crippen molar-refractivity contribution in [1.29, 1.82) is 0 Å². The average Bonchev–Trinajstić information content (AvgIpc) is 3.08. The van der Waals surface area contributed by atoms with Crippen molar-refractivity contribution in [3.05, 3.63) is 29.8 Å². The van der Waals surface area contributed by atoms with Crippen molar-refractivity contribution in [2.45, 2.75) is 0 Å². The Balaban J connectivity index is 0.00000144. The topological polar surface area (TPSA) is 44.8 Å². The van der Waals surface area contributed by atoms with Gasteiger partial charge in [-0.05, 0) is 38.1 Å². The lowest BCUT2D eigenvalue weighted by molar-refractivity contribution is 0.0777. The standard InChI is InChI=1S/C17H25N3O2.2ClH/c1-19(2)7-8-22-16-6-4-3-5-15(16)17(21)20-11-13-9-18-10-14(13)12-20;;/h3-6,13-14,18H,7-12H2,1-2H3;2*1H/t13-,14+;;. The van der Waals surface area contributed by atoms with E-state index in [2.05, 4.69) is 10.2 Å². The van der Waals surface area contributed by atoms with E-state index in [1.54, 1.807) is 0 Å². The number of likely N-dealkylation sites (N-methyl/N-ethyl adjacent to an activating group) is 1. The number of carbonyl (C=O) groups is 1. The first-order valence-corrected chi connectivity index (χ1v) is 8.01. The third kappa shape index (κ3) is 4.76. The summed E-state index contributed by atoms with van der Waals surface area (Å²) in [6.07, 6.45) is 0. The van der Waals surface area contributed by atoms with Crippen LogP contribution in [0.5, 0.6) is 5.75 Å². The fourth-order valence-electron chi connectivity index (χ4n) is 3.30. The summed E-state index contributed by atoms with van der Waals surface area (Å²) in [5.41, 5.74) is 0.689. The van der Waals surface area contributed by atoms with Crippen LogP contribution in [0.3, 0.4) is 0 Å². The Kier molecular flexibility index (Phi) is 8.30. The summed E-state index contributed by atoms with van der Waals surface area (Å²) in [5.74, 6) is 2.04. The van der Waals surface area contributed by atoms with Crippen LogP contribution in [0.1, 0.15) is 10.4 Å². The molecule has 1 N–H and O–H groups in total. The Morgan fingerprint density at radius 3 is 2.46 bits per heavy atom. The smallest absolute Gasteiger partial charge is 0.257 e. The molecule has 3 rings (SSSR count). The van der Waals surface area contributed by atoms with Crippen molar-refractivity contribution >= 4 is 30.7 Å². The highest BCUT2D eigenvalue weighted by molar-refractivity contribution is 5.97. The van der Waals surface area contributed by atoms with E-state index in [0.29, 0.717) is 29.8 Å². The molecule has 2 aliphatic rings. The molecule has 0 radical (unpaired) electrons. The van der Waals surface area contributed by atoms with E-state index < -0.39 is 0 Å². The quantitative estimate of drug-likeness (QED) is 0.851. The van der Waals surface area contributed by atoms with Gasteiger partial charge in [0.05, 0.1) is 5.56 Å². The number of amides is 1. The van der Waals surface area contributed by atoms with Gasteiger partial charge in [0.15, 0.2) is 0 Å². The maximum absolute atomic E-state index is 12.8. The van der Waals surface area contributed by atoms with Crippen LogP contribution in [-0.2, 0) is 0 Å². The maximum Gasteiger partial charge on any atom is 0.257 e. The van der Waals surface area contributed by atoms with Gasteiger partial charge in [0.2, 0.25) is 0 Å². The highest BCUT2D eigenvalue weighted by Crippen LogP contribution is 2.29. The van der Waals surface area contributed by atoms with E-state index in [-0.39, 0.29) is 30.7 Å². The highest BCUT2D eigenvalue weighted by atomic mass is 35.5. The summed E-state index contributed by atoms with van der Waals surface area (Å²) >= 11 is 0. The third-order valence-corrected chi connectivity index (χ3v) is 4.59. The summed E-state index contributed by atoms with van der Waals surface area (Å²) in [4.78, 5) is 16.9. The second kappa shape index (κ2) is 9.47. The maximum atomic E-state index is 12.8. The number of hydrogen-bond donors (Lipinski definition) is 1. The number of nitrogens with one attached hydrogen (secondary N) is 1. The molecule has 2 fully saturated rings. The van der Waals surface area contributed by atoms with Crippen LogP contribution in [0.2, 0.25) is 0 Å². The first-order chi connectivity index (χ1) is 10.6. The number of halogens is 2. The second-order valence-electron chi connectivity index (χ2n) is 6.54. The first-order valence-electron chi connectivity index (χ1n) is 8.01. The summed E-state index contributed by atoms with van der Waals surface area (Å²) in [5, 5.41) is 3.41. The Morgan fingerprint density at radius 1 is 1.21 bits per heavy atom. The average molecular weight is 376 g/mol. The minimum Gasteiger partial charge on any atom is -0.491 e. The minimum absolute atomic E-state index is 0. The fraction of sp³-hybridized carbons (Fsp3) is 0.588. The van der Waals surface area contributed by atoms with Gasteiger partial charge in [0.25, 0.3) is 5.91 Å². The lowest BCUT2D eigenvalue weighted by Crippen LogP contribution is -2.32. The molecule has 2 saturated heterocycles. The Morgan fingerprint density at radius 2 is 1.83 bits per heavy atom. The van der Waals surface area contributed by atoms with Crippen molar-refractivity contribution < 1.29 is 9.53 Å². The Labute approximate surface area is 156 Å². The summed E-state index contributed by atoms with van der Waals surface area (Å²) in [6, 6.07) is 7.59. The monoisotopic (exact) mass is 375 g/mol. The zero-order valence-corrected chi connectivity index (χ0v) is 15.9. The van der Waals surface area contributed by atoms with Crippen LogP contribution in [0.25, 0.3) is 0 Å². The van der Waals surface area contributed by atoms with Crippen LogP contribution < -0.4 is 10.1 Å². The van der Waals surface area contributed by atoms with E-state index in [1.165, 1.54) is 0 Å². The highest BCUT2D eigenvalue weighted by Gasteiger charge is 2.38. The minimum atomic E-state index is 0. The van der Waals surface area contributed by atoms with Gasteiger partial charge in [0, 0.05) is 32.7 Å². The van der Waals surface area contributed by atoms with Crippen molar-refractivity contribution in [2.24, 2.45) is 11.8 Å². The van der Waals surface area contributed by atoms with Gasteiger partial charge >= 0.3 is 0 Å². The molecular weight excluding hydrogens is 349 g/mol. The molecule has 136 valence electrons. The molecule has 0 unspecified atom stereocenters. The SMILES string of the molecule is CN(C)CCOc1ccccc1C(=O)N1C[C@H]2CNC[C@H]2C1.Cl.Cl. The van der Waals surface area contributed by atoms with Crippen LogP contribution in [0, 0.1) is 11.8 Å². The number of carbonyl (C=O) groups excluding carboxylic acids is 1. The van der Waals surface area contributed by atoms with E-state index in [1.807, 2.05) is 43.3 Å². The molecule has 24 heavy (non-hydrogen) atoms. The number of fused-ring (bicyclic) bond motifs is 1. The van der Waals surface area contributed by atoms with Crippen LogP contribution in [0.4, 0.5) is 0 Å². The molecule has 0 aromatic heterocycles. The van der Waals surface area contributed by atoms with Crippen molar-refractivity contribution in [1.82, 2.24) is 15.1 Å². The Hall–Kier alpha value is -1.01. The van der Waals surface area contributed by atoms with Crippen LogP contribution >= 0.6 is 24.8 Å².